The number of fused-ring (bicyclic) bond motifs is 2. The lowest BCUT2D eigenvalue weighted by molar-refractivity contribution is 0.0714. The molecule has 1 aliphatic heterocycles. The van der Waals surface area contributed by atoms with Crippen molar-refractivity contribution in [3.63, 3.8) is 0 Å². The van der Waals surface area contributed by atoms with Crippen LogP contribution in [0.4, 0.5) is 0 Å². The second kappa shape index (κ2) is 8.90. The normalized spacial score (nSPS) is 15.1. The lowest BCUT2D eigenvalue weighted by atomic mass is 9.98. The minimum Gasteiger partial charge on any atom is -0.494 e. The van der Waals surface area contributed by atoms with Gasteiger partial charge in [-0.1, -0.05) is 43.7 Å². The van der Waals surface area contributed by atoms with Crippen molar-refractivity contribution in [2.24, 2.45) is 0 Å². The van der Waals surface area contributed by atoms with E-state index in [0.717, 1.165) is 29.7 Å². The molecule has 0 saturated heterocycles. The summed E-state index contributed by atoms with van der Waals surface area (Å²) < 4.78 is 11.8. The number of para-hydroxylation sites is 1. The third kappa shape index (κ3) is 3.89. The molecule has 0 radical (unpaired) electrons. The maximum Gasteiger partial charge on any atom is 0.291 e. The highest BCUT2D eigenvalue weighted by Crippen LogP contribution is 2.39. The summed E-state index contributed by atoms with van der Waals surface area (Å²) in [5.41, 5.74) is 2.32. The standard InChI is InChI=1S/C27H24N2O4/c1-2-3-15-32-20-12-10-19(11-13-20)24-23-25(30)21-8-4-5-9-22(21)33-26(23)27(31)29(24)17-18-7-6-14-28-16-18/h4-14,16,24H,2-3,15,17H2,1H3. The Labute approximate surface area is 191 Å². The molecular weight excluding hydrogens is 416 g/mol. The van der Waals surface area contributed by atoms with Gasteiger partial charge in [-0.15, -0.1) is 0 Å². The van der Waals surface area contributed by atoms with Crippen LogP contribution < -0.4 is 10.2 Å². The first kappa shape index (κ1) is 20.9. The van der Waals surface area contributed by atoms with E-state index in [1.54, 1.807) is 41.6 Å². The highest BCUT2D eigenvalue weighted by Gasteiger charge is 2.42. The van der Waals surface area contributed by atoms with Gasteiger partial charge in [0.2, 0.25) is 5.76 Å². The van der Waals surface area contributed by atoms with Crippen LogP contribution in [-0.4, -0.2) is 22.4 Å². The summed E-state index contributed by atoms with van der Waals surface area (Å²) in [6, 6.07) is 17.8. The van der Waals surface area contributed by atoms with Crippen LogP contribution in [0.1, 0.15) is 53.1 Å². The minimum absolute atomic E-state index is 0.107. The zero-order chi connectivity index (χ0) is 22.8. The molecule has 5 rings (SSSR count). The smallest absolute Gasteiger partial charge is 0.291 e. The van der Waals surface area contributed by atoms with Crippen molar-refractivity contribution >= 4 is 16.9 Å². The van der Waals surface area contributed by atoms with Gasteiger partial charge in [0.25, 0.3) is 5.91 Å². The zero-order valence-electron chi connectivity index (χ0n) is 18.4. The summed E-state index contributed by atoms with van der Waals surface area (Å²) in [5.74, 6) is 0.571. The van der Waals surface area contributed by atoms with E-state index in [-0.39, 0.29) is 17.1 Å². The summed E-state index contributed by atoms with van der Waals surface area (Å²) in [6.07, 6.45) is 5.46. The van der Waals surface area contributed by atoms with E-state index in [0.29, 0.717) is 29.7 Å². The van der Waals surface area contributed by atoms with E-state index in [9.17, 15) is 9.59 Å². The molecule has 4 aromatic rings. The number of unbranched alkanes of at least 4 members (excludes halogenated alkanes) is 1. The molecule has 33 heavy (non-hydrogen) atoms. The summed E-state index contributed by atoms with van der Waals surface area (Å²) in [6.45, 7) is 3.09. The topological polar surface area (TPSA) is 72.6 Å². The van der Waals surface area contributed by atoms with E-state index in [2.05, 4.69) is 11.9 Å². The Morgan fingerprint density at radius 1 is 1.03 bits per heavy atom. The highest BCUT2D eigenvalue weighted by molar-refractivity contribution is 5.99. The molecule has 2 aromatic carbocycles. The molecule has 1 unspecified atom stereocenters. The third-order valence-corrected chi connectivity index (χ3v) is 5.91. The number of amides is 1. The number of pyridine rings is 1. The number of ether oxygens (including phenoxy) is 1. The molecule has 3 heterocycles. The molecule has 1 atom stereocenters. The van der Waals surface area contributed by atoms with Gasteiger partial charge >= 0.3 is 0 Å². The number of hydrogen-bond acceptors (Lipinski definition) is 5. The van der Waals surface area contributed by atoms with Gasteiger partial charge < -0.3 is 14.1 Å². The van der Waals surface area contributed by atoms with Gasteiger partial charge in [-0.05, 0) is 47.9 Å². The third-order valence-electron chi connectivity index (χ3n) is 5.91. The Morgan fingerprint density at radius 3 is 2.61 bits per heavy atom. The second-order valence-corrected chi connectivity index (χ2v) is 8.14. The molecule has 1 aliphatic rings. The molecule has 0 spiro atoms. The van der Waals surface area contributed by atoms with E-state index < -0.39 is 6.04 Å². The van der Waals surface area contributed by atoms with Gasteiger partial charge in [-0.3, -0.25) is 14.6 Å². The molecule has 166 valence electrons. The first-order valence-electron chi connectivity index (χ1n) is 11.2. The number of benzene rings is 2. The van der Waals surface area contributed by atoms with Crippen LogP contribution in [0, 0.1) is 0 Å². The van der Waals surface area contributed by atoms with E-state index in [4.69, 9.17) is 9.15 Å². The second-order valence-electron chi connectivity index (χ2n) is 8.14. The van der Waals surface area contributed by atoms with Crippen molar-refractivity contribution < 1.29 is 13.9 Å². The zero-order valence-corrected chi connectivity index (χ0v) is 18.4. The van der Waals surface area contributed by atoms with Gasteiger partial charge in [-0.25, -0.2) is 0 Å². The lowest BCUT2D eigenvalue weighted by Crippen LogP contribution is -2.29. The number of carbonyl (C=O) groups is 1. The number of nitrogens with zero attached hydrogens (tertiary/aromatic N) is 2. The number of carbonyl (C=O) groups excluding carboxylic acids is 1. The number of rotatable bonds is 7. The van der Waals surface area contributed by atoms with E-state index in [1.165, 1.54) is 0 Å². The average molecular weight is 440 g/mol. The van der Waals surface area contributed by atoms with Crippen molar-refractivity contribution in [2.45, 2.75) is 32.4 Å². The Kier molecular flexibility index (Phi) is 5.65. The molecule has 2 aromatic heterocycles. The number of hydrogen-bond donors (Lipinski definition) is 0. The van der Waals surface area contributed by atoms with Crippen LogP contribution in [0.15, 0.2) is 82.3 Å². The Morgan fingerprint density at radius 2 is 1.85 bits per heavy atom. The molecule has 6 heteroatoms. The number of aromatic nitrogens is 1. The van der Waals surface area contributed by atoms with Crippen LogP contribution in [-0.2, 0) is 6.54 Å². The summed E-state index contributed by atoms with van der Waals surface area (Å²) in [7, 11) is 0. The van der Waals surface area contributed by atoms with Crippen molar-refractivity contribution in [2.75, 3.05) is 6.61 Å². The SMILES string of the molecule is CCCCOc1ccc(C2c3c(oc4ccccc4c3=O)C(=O)N2Cc2cccnc2)cc1. The largest absolute Gasteiger partial charge is 0.494 e. The highest BCUT2D eigenvalue weighted by atomic mass is 16.5. The summed E-state index contributed by atoms with van der Waals surface area (Å²) in [4.78, 5) is 32.8. The van der Waals surface area contributed by atoms with Crippen LogP contribution >= 0.6 is 0 Å². The first-order valence-corrected chi connectivity index (χ1v) is 11.2. The maximum atomic E-state index is 13.5. The fourth-order valence-electron chi connectivity index (χ4n) is 4.25. The van der Waals surface area contributed by atoms with Gasteiger partial charge in [0.05, 0.1) is 23.6 Å². The predicted octanol–water partition coefficient (Wildman–Crippen LogP) is 5.11. The molecule has 0 saturated carbocycles. The average Bonchev–Trinajstić information content (AvgIpc) is 3.12. The Balaban J connectivity index is 1.60. The van der Waals surface area contributed by atoms with Crippen molar-refractivity contribution in [1.29, 1.82) is 0 Å². The molecule has 0 fully saturated rings. The molecule has 6 nitrogen and oxygen atoms in total. The van der Waals surface area contributed by atoms with Gasteiger partial charge in [0.15, 0.2) is 5.43 Å². The van der Waals surface area contributed by atoms with Gasteiger partial charge in [0.1, 0.15) is 11.3 Å². The first-order chi connectivity index (χ1) is 16.2. The molecule has 0 N–H and O–H groups in total. The fourth-order valence-corrected chi connectivity index (χ4v) is 4.25. The molecule has 0 aliphatic carbocycles. The predicted molar refractivity (Wildman–Crippen MR) is 125 cm³/mol. The van der Waals surface area contributed by atoms with Crippen LogP contribution in [0.3, 0.4) is 0 Å². The Hall–Kier alpha value is -3.93. The van der Waals surface area contributed by atoms with Crippen LogP contribution in [0.2, 0.25) is 0 Å². The Bertz CT molecular complexity index is 1350. The minimum atomic E-state index is -0.557. The quantitative estimate of drug-likeness (QED) is 0.373. The van der Waals surface area contributed by atoms with Crippen LogP contribution in [0.25, 0.3) is 11.0 Å². The maximum absolute atomic E-state index is 13.5. The summed E-state index contributed by atoms with van der Waals surface area (Å²) in [5, 5.41) is 0.469. The van der Waals surface area contributed by atoms with E-state index >= 15 is 0 Å². The molecule has 0 bridgehead atoms. The lowest BCUT2D eigenvalue weighted by Gasteiger charge is -2.25. The molecule has 1 amide bonds. The monoisotopic (exact) mass is 440 g/mol. The molecular formula is C27H24N2O4. The fraction of sp³-hybridized carbons (Fsp3) is 0.222. The summed E-state index contributed by atoms with van der Waals surface area (Å²) >= 11 is 0. The van der Waals surface area contributed by atoms with Crippen molar-refractivity contribution in [3.8, 4) is 5.75 Å². The van der Waals surface area contributed by atoms with Gasteiger partial charge in [0, 0.05) is 18.9 Å². The van der Waals surface area contributed by atoms with Crippen molar-refractivity contribution in [1.82, 2.24) is 9.88 Å². The van der Waals surface area contributed by atoms with Crippen LogP contribution in [0.5, 0.6) is 5.75 Å². The van der Waals surface area contributed by atoms with Crippen molar-refractivity contribution in [3.05, 3.63) is 106 Å². The van der Waals surface area contributed by atoms with Gasteiger partial charge in [-0.2, -0.15) is 0 Å². The van der Waals surface area contributed by atoms with E-state index in [1.807, 2.05) is 36.4 Å².